The van der Waals surface area contributed by atoms with E-state index in [1.165, 1.54) is 24.3 Å². The number of likely N-dealkylation sites (tertiary alicyclic amines) is 1. The van der Waals surface area contributed by atoms with Gasteiger partial charge in [0, 0.05) is 25.0 Å². The van der Waals surface area contributed by atoms with Gasteiger partial charge in [-0.1, -0.05) is 24.6 Å². The predicted molar refractivity (Wildman–Crippen MR) is 138 cm³/mol. The predicted octanol–water partition coefficient (Wildman–Crippen LogP) is 6.83. The summed E-state index contributed by atoms with van der Waals surface area (Å²) in [6, 6.07) is 12.4. The zero-order valence-corrected chi connectivity index (χ0v) is 21.2. The van der Waals surface area contributed by atoms with Crippen LogP contribution in [0.15, 0.2) is 70.1 Å². The largest absolute Gasteiger partial charge is 0.507 e. The number of para-hydroxylation sites is 2. The van der Waals surface area contributed by atoms with Gasteiger partial charge >= 0.3 is 6.18 Å². The number of hydrogen-bond acceptors (Lipinski definition) is 7. The molecular formula is C29H27F3N2O5. The lowest BCUT2D eigenvalue weighted by molar-refractivity contribution is -0.154. The van der Waals surface area contributed by atoms with Gasteiger partial charge in [-0.25, -0.2) is 0 Å². The molecule has 1 fully saturated rings. The Hall–Kier alpha value is -4.05. The van der Waals surface area contributed by atoms with Gasteiger partial charge in [-0.15, -0.1) is 0 Å². The summed E-state index contributed by atoms with van der Waals surface area (Å²) in [6.45, 7) is 2.70. The fourth-order valence-corrected chi connectivity index (χ4v) is 4.97. The van der Waals surface area contributed by atoms with Gasteiger partial charge in [0.15, 0.2) is 11.5 Å². The molecule has 10 heteroatoms. The normalized spacial score (nSPS) is 16.4. The summed E-state index contributed by atoms with van der Waals surface area (Å²) in [4.78, 5) is 19.7. The molecule has 1 atom stereocenters. The average Bonchev–Trinajstić information content (AvgIpc) is 2.93. The number of rotatable bonds is 7. The van der Waals surface area contributed by atoms with Gasteiger partial charge in [-0.05, 0) is 62.2 Å². The van der Waals surface area contributed by atoms with Crippen LogP contribution >= 0.6 is 0 Å². The maximum Gasteiger partial charge on any atom is 0.453 e. The number of aromatic hydroxyl groups is 1. The molecule has 0 spiro atoms. The first-order valence-electron chi connectivity index (χ1n) is 12.7. The fourth-order valence-electron chi connectivity index (χ4n) is 4.97. The molecule has 7 nitrogen and oxygen atoms in total. The molecule has 2 aromatic carbocycles. The van der Waals surface area contributed by atoms with Crippen molar-refractivity contribution in [1.29, 1.82) is 0 Å². The van der Waals surface area contributed by atoms with Crippen LogP contribution in [0.2, 0.25) is 0 Å². The van der Waals surface area contributed by atoms with Crippen LogP contribution in [-0.4, -0.2) is 28.1 Å². The molecule has 204 valence electrons. The number of benzene rings is 2. The van der Waals surface area contributed by atoms with Gasteiger partial charge in [0.1, 0.15) is 11.3 Å². The van der Waals surface area contributed by atoms with E-state index in [9.17, 15) is 23.1 Å². The van der Waals surface area contributed by atoms with E-state index in [-0.39, 0.29) is 53.0 Å². The topological polar surface area (TPSA) is 85.0 Å². The number of piperidine rings is 1. The molecule has 0 bridgehead atoms. The second-order valence-electron chi connectivity index (χ2n) is 9.28. The number of hydrogen-bond donors (Lipinski definition) is 1. The van der Waals surface area contributed by atoms with Gasteiger partial charge in [-0.2, -0.15) is 13.2 Å². The van der Waals surface area contributed by atoms with Gasteiger partial charge in [0.2, 0.25) is 11.2 Å². The number of aromatic nitrogens is 1. The number of halogens is 3. The lowest BCUT2D eigenvalue weighted by Gasteiger charge is -2.36. The summed E-state index contributed by atoms with van der Waals surface area (Å²) in [5.74, 6) is -2.70. The molecule has 1 aliphatic rings. The van der Waals surface area contributed by atoms with Crippen LogP contribution in [0.4, 0.5) is 13.2 Å². The third-order valence-electron chi connectivity index (χ3n) is 6.76. The van der Waals surface area contributed by atoms with E-state index in [1.54, 1.807) is 31.5 Å². The SMILES string of the molecule is CCOc1ccccc1Oc1c(C(F)(F)F)oc2c(CN3CCCC[C@H]3c3cccnc3)c(O)ccc2c1=O. The van der Waals surface area contributed by atoms with Crippen molar-refractivity contribution >= 4 is 11.0 Å². The highest BCUT2D eigenvalue weighted by atomic mass is 19.4. The number of alkyl halides is 3. The zero-order chi connectivity index (χ0) is 27.6. The smallest absolute Gasteiger partial charge is 0.453 e. The highest BCUT2D eigenvalue weighted by Crippen LogP contribution is 2.42. The molecule has 1 aliphatic heterocycles. The van der Waals surface area contributed by atoms with Crippen molar-refractivity contribution in [1.82, 2.24) is 9.88 Å². The number of phenols is 1. The second kappa shape index (κ2) is 11.0. The first kappa shape index (κ1) is 26.6. The molecule has 3 heterocycles. The highest BCUT2D eigenvalue weighted by Gasteiger charge is 2.41. The Labute approximate surface area is 222 Å². The average molecular weight is 541 g/mol. The van der Waals surface area contributed by atoms with E-state index in [0.29, 0.717) is 6.54 Å². The van der Waals surface area contributed by atoms with E-state index < -0.39 is 23.1 Å². The first-order valence-corrected chi connectivity index (χ1v) is 12.7. The molecular weight excluding hydrogens is 513 g/mol. The van der Waals surface area contributed by atoms with Gasteiger partial charge < -0.3 is 19.0 Å². The van der Waals surface area contributed by atoms with E-state index >= 15 is 0 Å². The molecule has 0 radical (unpaired) electrons. The third-order valence-corrected chi connectivity index (χ3v) is 6.76. The van der Waals surface area contributed by atoms with Crippen LogP contribution in [0.3, 0.4) is 0 Å². The van der Waals surface area contributed by atoms with Crippen LogP contribution < -0.4 is 14.9 Å². The summed E-state index contributed by atoms with van der Waals surface area (Å²) in [5.41, 5.74) is -0.253. The molecule has 5 rings (SSSR count). The molecule has 2 aromatic heterocycles. The summed E-state index contributed by atoms with van der Waals surface area (Å²) in [6.07, 6.45) is 1.08. The van der Waals surface area contributed by atoms with Gasteiger partial charge in [0.25, 0.3) is 5.76 Å². The van der Waals surface area contributed by atoms with Crippen LogP contribution in [0, 0.1) is 0 Å². The number of fused-ring (bicyclic) bond motifs is 1. The van der Waals surface area contributed by atoms with E-state index in [2.05, 4.69) is 9.88 Å². The number of pyridine rings is 1. The maximum atomic E-state index is 14.3. The summed E-state index contributed by atoms with van der Waals surface area (Å²) in [7, 11) is 0. The Morgan fingerprint density at radius 1 is 1.10 bits per heavy atom. The van der Waals surface area contributed by atoms with Crippen molar-refractivity contribution in [3.05, 3.63) is 88.0 Å². The number of phenolic OH excluding ortho intramolecular Hbond substituents is 1. The van der Waals surface area contributed by atoms with Crippen molar-refractivity contribution in [3.63, 3.8) is 0 Å². The lowest BCUT2D eigenvalue weighted by atomic mass is 9.95. The lowest BCUT2D eigenvalue weighted by Crippen LogP contribution is -2.33. The van der Waals surface area contributed by atoms with Crippen molar-refractivity contribution < 1.29 is 32.2 Å². The quantitative estimate of drug-likeness (QED) is 0.275. The van der Waals surface area contributed by atoms with Crippen LogP contribution in [0.5, 0.6) is 23.0 Å². The molecule has 1 saturated heterocycles. The third kappa shape index (κ3) is 5.42. The van der Waals surface area contributed by atoms with Crippen molar-refractivity contribution in [2.75, 3.05) is 13.2 Å². The van der Waals surface area contributed by atoms with E-state index in [4.69, 9.17) is 13.9 Å². The summed E-state index contributed by atoms with van der Waals surface area (Å²) in [5, 5.41) is 10.6. The molecule has 0 aliphatic carbocycles. The van der Waals surface area contributed by atoms with Crippen LogP contribution in [0.1, 0.15) is 49.1 Å². The molecule has 0 saturated carbocycles. The minimum atomic E-state index is -5.05. The van der Waals surface area contributed by atoms with Crippen molar-refractivity contribution in [2.45, 2.75) is 44.9 Å². The Morgan fingerprint density at radius 3 is 2.62 bits per heavy atom. The van der Waals surface area contributed by atoms with Crippen molar-refractivity contribution in [3.8, 4) is 23.0 Å². The summed E-state index contributed by atoms with van der Waals surface area (Å²) < 4.78 is 59.2. The molecule has 4 aromatic rings. The monoisotopic (exact) mass is 540 g/mol. The van der Waals surface area contributed by atoms with Gasteiger partial charge in [-0.3, -0.25) is 14.7 Å². The van der Waals surface area contributed by atoms with Crippen LogP contribution in [0.25, 0.3) is 11.0 Å². The molecule has 1 N–H and O–H groups in total. The first-order chi connectivity index (χ1) is 18.8. The second-order valence-corrected chi connectivity index (χ2v) is 9.28. The summed E-state index contributed by atoms with van der Waals surface area (Å²) >= 11 is 0. The van der Waals surface area contributed by atoms with Crippen molar-refractivity contribution in [2.24, 2.45) is 0 Å². The maximum absolute atomic E-state index is 14.3. The fraction of sp³-hybridized carbons (Fsp3) is 0.310. The molecule has 0 unspecified atom stereocenters. The Morgan fingerprint density at radius 2 is 1.90 bits per heavy atom. The standard InChI is InChI=1S/C29H27F3N2O5/c1-2-37-23-10-3-4-11-24(23)38-27-25(36)19-12-13-22(35)20(26(19)39-28(27)29(30,31)32)17-34-15-6-5-9-21(34)18-8-7-14-33-16-18/h3-4,7-8,10-14,16,21,35H,2,5-6,9,15,17H2,1H3/t21-/m0/s1. The Balaban J connectivity index is 1.62. The number of nitrogens with zero attached hydrogens (tertiary/aromatic N) is 2. The van der Waals surface area contributed by atoms with E-state index in [1.807, 2.05) is 12.1 Å². The van der Waals surface area contributed by atoms with Gasteiger partial charge in [0.05, 0.1) is 17.6 Å². The molecule has 39 heavy (non-hydrogen) atoms. The highest BCUT2D eigenvalue weighted by molar-refractivity contribution is 5.83. The molecule has 0 amide bonds. The number of ether oxygens (including phenoxy) is 2. The Bertz CT molecular complexity index is 1520. The van der Waals surface area contributed by atoms with Crippen LogP contribution in [-0.2, 0) is 12.7 Å². The minimum Gasteiger partial charge on any atom is -0.507 e. The zero-order valence-electron chi connectivity index (χ0n) is 21.2. The minimum absolute atomic E-state index is 0.0476. The van der Waals surface area contributed by atoms with E-state index in [0.717, 1.165) is 24.8 Å². The Kier molecular flexibility index (Phi) is 7.47.